The van der Waals surface area contributed by atoms with Crippen LogP contribution in [0, 0.1) is 0 Å². The molecule has 0 saturated carbocycles. The Morgan fingerprint density at radius 2 is 2.05 bits per heavy atom. The smallest absolute Gasteiger partial charge is 0.240 e. The van der Waals surface area contributed by atoms with Crippen LogP contribution in [0.4, 0.5) is 5.69 Å². The molecule has 0 aliphatic rings. The molecule has 0 atom stereocenters. The molecule has 118 valence electrons. The predicted molar refractivity (Wildman–Crippen MR) is 79.0 cm³/mol. The van der Waals surface area contributed by atoms with Crippen molar-refractivity contribution in [3.63, 3.8) is 0 Å². The van der Waals surface area contributed by atoms with E-state index >= 15 is 0 Å². The summed E-state index contributed by atoms with van der Waals surface area (Å²) >= 11 is 0. The second-order valence-corrected chi connectivity index (χ2v) is 5.93. The molecule has 0 aliphatic heterocycles. The molecule has 1 aromatic carbocycles. The Bertz CT molecular complexity index is 586. The largest absolute Gasteiger partial charge is 0.492 e. The first-order chi connectivity index (χ1) is 9.90. The first kappa shape index (κ1) is 17.4. The molecule has 0 unspecified atom stereocenters. The lowest BCUT2D eigenvalue weighted by molar-refractivity contribution is -0.114. The maximum absolute atomic E-state index is 12.1. The van der Waals surface area contributed by atoms with Crippen LogP contribution in [0.25, 0.3) is 0 Å². The van der Waals surface area contributed by atoms with Crippen LogP contribution in [0.5, 0.6) is 5.75 Å². The number of methoxy groups -OCH3 is 1. The Morgan fingerprint density at radius 3 is 2.62 bits per heavy atom. The quantitative estimate of drug-likeness (QED) is 0.697. The number of benzene rings is 1. The van der Waals surface area contributed by atoms with E-state index < -0.39 is 10.0 Å². The van der Waals surface area contributed by atoms with E-state index in [0.717, 1.165) is 0 Å². The van der Waals surface area contributed by atoms with E-state index in [9.17, 15) is 13.2 Å². The van der Waals surface area contributed by atoms with Crippen LogP contribution in [0.3, 0.4) is 0 Å². The summed E-state index contributed by atoms with van der Waals surface area (Å²) in [6.45, 7) is 3.99. The minimum atomic E-state index is -3.66. The number of rotatable bonds is 8. The van der Waals surface area contributed by atoms with Crippen molar-refractivity contribution >= 4 is 21.6 Å². The summed E-state index contributed by atoms with van der Waals surface area (Å²) in [6, 6.07) is 4.30. The summed E-state index contributed by atoms with van der Waals surface area (Å²) in [4.78, 5) is 11.2. The number of hydrogen-bond acceptors (Lipinski definition) is 5. The third-order valence-electron chi connectivity index (χ3n) is 2.47. The number of nitrogens with one attached hydrogen (secondary N) is 2. The fourth-order valence-corrected chi connectivity index (χ4v) is 2.65. The molecule has 1 rings (SSSR count). The van der Waals surface area contributed by atoms with Crippen LogP contribution >= 0.6 is 0 Å². The highest BCUT2D eigenvalue weighted by Crippen LogP contribution is 2.27. The Kier molecular flexibility index (Phi) is 6.60. The van der Waals surface area contributed by atoms with E-state index in [0.29, 0.717) is 18.0 Å². The summed E-state index contributed by atoms with van der Waals surface area (Å²) in [5.74, 6) is 0.112. The second kappa shape index (κ2) is 7.96. The molecule has 0 bridgehead atoms. The minimum Gasteiger partial charge on any atom is -0.492 e. The number of carbonyl (C=O) groups excluding carboxylic acids is 1. The zero-order valence-corrected chi connectivity index (χ0v) is 13.1. The van der Waals surface area contributed by atoms with Crippen LogP contribution in [0.1, 0.15) is 13.8 Å². The van der Waals surface area contributed by atoms with E-state index in [2.05, 4.69) is 10.0 Å². The van der Waals surface area contributed by atoms with Crippen molar-refractivity contribution in [3.05, 3.63) is 18.2 Å². The van der Waals surface area contributed by atoms with Gasteiger partial charge in [0.25, 0.3) is 0 Å². The highest BCUT2D eigenvalue weighted by Gasteiger charge is 2.16. The molecule has 0 saturated heterocycles. The SMILES string of the molecule is CCOc1ccc(S(=O)(=O)NCCOC)cc1NC(C)=O. The van der Waals surface area contributed by atoms with E-state index in [1.54, 1.807) is 6.92 Å². The Balaban J connectivity index is 3.05. The number of hydrogen-bond donors (Lipinski definition) is 2. The van der Waals surface area contributed by atoms with Crippen molar-refractivity contribution in [2.24, 2.45) is 0 Å². The van der Waals surface area contributed by atoms with E-state index in [4.69, 9.17) is 9.47 Å². The van der Waals surface area contributed by atoms with Gasteiger partial charge in [-0.1, -0.05) is 0 Å². The lowest BCUT2D eigenvalue weighted by Crippen LogP contribution is -2.27. The maximum atomic E-state index is 12.1. The van der Waals surface area contributed by atoms with Crippen molar-refractivity contribution in [1.29, 1.82) is 0 Å². The molecule has 2 N–H and O–H groups in total. The molecule has 1 amide bonds. The Labute approximate surface area is 124 Å². The first-order valence-corrected chi connectivity index (χ1v) is 7.92. The van der Waals surface area contributed by atoms with Gasteiger partial charge in [-0.2, -0.15) is 0 Å². The van der Waals surface area contributed by atoms with Crippen molar-refractivity contribution in [2.45, 2.75) is 18.7 Å². The van der Waals surface area contributed by atoms with Gasteiger partial charge in [0.05, 0.1) is 23.8 Å². The van der Waals surface area contributed by atoms with Crippen LogP contribution in [0.2, 0.25) is 0 Å². The molecule has 7 nitrogen and oxygen atoms in total. The molecule has 0 aromatic heterocycles. The van der Waals surface area contributed by atoms with Crippen molar-refractivity contribution in [1.82, 2.24) is 4.72 Å². The fraction of sp³-hybridized carbons (Fsp3) is 0.462. The summed E-state index contributed by atoms with van der Waals surface area (Å²) in [7, 11) is -2.17. The van der Waals surface area contributed by atoms with Crippen LogP contribution in [-0.2, 0) is 19.6 Å². The van der Waals surface area contributed by atoms with Gasteiger partial charge in [-0.05, 0) is 25.1 Å². The standard InChI is InChI=1S/C13H20N2O5S/c1-4-20-13-6-5-11(9-12(13)15-10(2)16)21(17,18)14-7-8-19-3/h5-6,9,14H,4,7-8H2,1-3H3,(H,15,16). The van der Waals surface area contributed by atoms with Gasteiger partial charge in [0.2, 0.25) is 15.9 Å². The molecule has 0 radical (unpaired) electrons. The molecule has 0 spiro atoms. The number of sulfonamides is 1. The molecule has 0 fully saturated rings. The van der Waals surface area contributed by atoms with Gasteiger partial charge in [0.1, 0.15) is 5.75 Å². The second-order valence-electron chi connectivity index (χ2n) is 4.16. The molecular formula is C13H20N2O5S. The van der Waals surface area contributed by atoms with Gasteiger partial charge in [-0.25, -0.2) is 13.1 Å². The van der Waals surface area contributed by atoms with E-state index in [1.807, 2.05) is 0 Å². The lowest BCUT2D eigenvalue weighted by atomic mass is 10.3. The number of anilines is 1. The highest BCUT2D eigenvalue weighted by molar-refractivity contribution is 7.89. The van der Waals surface area contributed by atoms with Gasteiger partial charge >= 0.3 is 0 Å². The Morgan fingerprint density at radius 1 is 1.33 bits per heavy atom. The van der Waals surface area contributed by atoms with Crippen molar-refractivity contribution in [3.8, 4) is 5.75 Å². The van der Waals surface area contributed by atoms with Crippen molar-refractivity contribution < 1.29 is 22.7 Å². The molecule has 0 aliphatic carbocycles. The lowest BCUT2D eigenvalue weighted by Gasteiger charge is -2.13. The molecular weight excluding hydrogens is 296 g/mol. The van der Waals surface area contributed by atoms with Crippen molar-refractivity contribution in [2.75, 3.05) is 32.2 Å². The van der Waals surface area contributed by atoms with E-state index in [-0.39, 0.29) is 24.0 Å². The zero-order chi connectivity index (χ0) is 15.9. The van der Waals surface area contributed by atoms with Gasteiger partial charge in [-0.3, -0.25) is 4.79 Å². The Hall–Kier alpha value is -1.64. The third kappa shape index (κ3) is 5.33. The number of amides is 1. The van der Waals surface area contributed by atoms with Gasteiger partial charge in [0, 0.05) is 20.6 Å². The van der Waals surface area contributed by atoms with E-state index in [1.165, 1.54) is 32.2 Å². The summed E-state index contributed by atoms with van der Waals surface area (Å²) in [5.41, 5.74) is 0.318. The summed E-state index contributed by atoms with van der Waals surface area (Å²) < 4.78 is 36.7. The summed E-state index contributed by atoms with van der Waals surface area (Å²) in [6.07, 6.45) is 0. The zero-order valence-electron chi connectivity index (χ0n) is 12.3. The summed E-state index contributed by atoms with van der Waals surface area (Å²) in [5, 5.41) is 2.56. The van der Waals surface area contributed by atoms with Gasteiger partial charge in [0.15, 0.2) is 0 Å². The predicted octanol–water partition coefficient (Wildman–Crippen LogP) is 0.968. The highest BCUT2D eigenvalue weighted by atomic mass is 32.2. The molecule has 21 heavy (non-hydrogen) atoms. The van der Waals surface area contributed by atoms with Crippen LogP contribution < -0.4 is 14.8 Å². The van der Waals surface area contributed by atoms with Gasteiger partial charge in [-0.15, -0.1) is 0 Å². The first-order valence-electron chi connectivity index (χ1n) is 6.43. The van der Waals surface area contributed by atoms with Crippen LogP contribution in [0.15, 0.2) is 23.1 Å². The maximum Gasteiger partial charge on any atom is 0.240 e. The fourth-order valence-electron chi connectivity index (χ4n) is 1.61. The molecule has 8 heteroatoms. The van der Waals surface area contributed by atoms with Gasteiger partial charge < -0.3 is 14.8 Å². The average molecular weight is 316 g/mol. The molecule has 0 heterocycles. The third-order valence-corrected chi connectivity index (χ3v) is 3.93. The monoisotopic (exact) mass is 316 g/mol. The number of carbonyl (C=O) groups is 1. The minimum absolute atomic E-state index is 0.0470. The normalized spacial score (nSPS) is 11.2. The van der Waals surface area contributed by atoms with Crippen LogP contribution in [-0.4, -0.2) is 41.2 Å². The average Bonchev–Trinajstić information content (AvgIpc) is 2.40. The molecule has 1 aromatic rings. The topological polar surface area (TPSA) is 93.7 Å². The number of ether oxygens (including phenoxy) is 2.